The Morgan fingerprint density at radius 2 is 2.07 bits per heavy atom. The van der Waals surface area contributed by atoms with Gasteiger partial charge < -0.3 is 15.0 Å². The second kappa shape index (κ2) is 7.47. The molecule has 0 saturated heterocycles. The van der Waals surface area contributed by atoms with E-state index in [2.05, 4.69) is 29.1 Å². The minimum absolute atomic E-state index is 0.0900. The normalized spacial score (nSPS) is 18.6. The first-order valence-corrected chi connectivity index (χ1v) is 10.3. The number of thioether (sulfide) groups is 1. The average molecular weight is 398 g/mol. The van der Waals surface area contributed by atoms with E-state index in [1.54, 1.807) is 7.11 Å². The predicted octanol–water partition coefficient (Wildman–Crippen LogP) is 3.84. The maximum Gasteiger partial charge on any atom is 0.257 e. The van der Waals surface area contributed by atoms with Crippen LogP contribution in [-0.4, -0.2) is 28.1 Å². The summed E-state index contributed by atoms with van der Waals surface area (Å²) in [6, 6.07) is 7.57. The Morgan fingerprint density at radius 3 is 2.82 bits per heavy atom. The van der Waals surface area contributed by atoms with Gasteiger partial charge in [-0.2, -0.15) is 0 Å². The van der Waals surface area contributed by atoms with Crippen LogP contribution in [0.1, 0.15) is 50.2 Å². The number of ether oxygens (including phenoxy) is 1. The lowest BCUT2D eigenvalue weighted by atomic mass is 9.76. The van der Waals surface area contributed by atoms with Gasteiger partial charge in [-0.15, -0.1) is 0 Å². The van der Waals surface area contributed by atoms with Crippen molar-refractivity contribution >= 4 is 23.4 Å². The van der Waals surface area contributed by atoms with Gasteiger partial charge in [0.1, 0.15) is 11.6 Å². The number of carbonyl (C=O) groups is 1. The molecule has 2 aliphatic rings. The number of aromatic nitrogens is 2. The number of nitrogens with one attached hydrogen (secondary N) is 2. The fraction of sp³-hybridized carbons (Fsp3) is 0.381. The summed E-state index contributed by atoms with van der Waals surface area (Å²) in [4.78, 5) is 33.5. The third-order valence-corrected chi connectivity index (χ3v) is 5.90. The molecular weight excluding hydrogens is 374 g/mol. The Balaban J connectivity index is 1.92. The maximum atomic E-state index is 13.1. The Hall–Kier alpha value is -2.54. The van der Waals surface area contributed by atoms with E-state index < -0.39 is 5.92 Å². The van der Waals surface area contributed by atoms with Gasteiger partial charge in [-0.3, -0.25) is 9.59 Å². The van der Waals surface area contributed by atoms with E-state index in [4.69, 9.17) is 4.74 Å². The number of aromatic amines is 1. The van der Waals surface area contributed by atoms with Crippen LogP contribution in [0.2, 0.25) is 0 Å². The number of H-pyrrole nitrogens is 1. The molecule has 2 N–H and O–H groups in total. The molecule has 1 aliphatic heterocycles. The summed E-state index contributed by atoms with van der Waals surface area (Å²) in [5.41, 5.74) is 2.72. The number of carbonyl (C=O) groups excluding carboxylic acids is 1. The zero-order valence-corrected chi connectivity index (χ0v) is 17.0. The Kier molecular flexibility index (Phi) is 5.02. The van der Waals surface area contributed by atoms with E-state index in [-0.39, 0.29) is 11.3 Å². The Morgan fingerprint density at radius 1 is 1.25 bits per heavy atom. The fourth-order valence-electron chi connectivity index (χ4n) is 3.87. The van der Waals surface area contributed by atoms with Crippen LogP contribution < -0.4 is 15.6 Å². The van der Waals surface area contributed by atoms with E-state index in [1.807, 2.05) is 24.3 Å². The number of hydrogen-bond acceptors (Lipinski definition) is 6. The molecule has 0 bridgehead atoms. The fourth-order valence-corrected chi connectivity index (χ4v) is 4.62. The molecule has 1 atom stereocenters. The summed E-state index contributed by atoms with van der Waals surface area (Å²) in [5, 5.41) is 4.18. The van der Waals surface area contributed by atoms with Gasteiger partial charge >= 0.3 is 0 Å². The van der Waals surface area contributed by atoms with E-state index in [0.717, 1.165) is 24.1 Å². The molecule has 28 heavy (non-hydrogen) atoms. The lowest BCUT2D eigenvalue weighted by molar-refractivity contribution is -0.116. The monoisotopic (exact) mass is 397 g/mol. The largest absolute Gasteiger partial charge is 0.497 e. The second-order valence-corrected chi connectivity index (χ2v) is 8.87. The zero-order chi connectivity index (χ0) is 19.8. The Labute approximate surface area is 167 Å². The van der Waals surface area contributed by atoms with Crippen molar-refractivity contribution in [3.05, 3.63) is 57.0 Å². The minimum Gasteiger partial charge on any atom is -0.497 e. The number of methoxy groups -OCH3 is 1. The first-order valence-electron chi connectivity index (χ1n) is 9.46. The SMILES string of the molecule is COc1cccc([C@@H]2C3=C(CCCC3=O)Nc3nc(SC(C)C)[nH]c(=O)c32)c1. The Bertz CT molecular complexity index is 1030. The van der Waals surface area contributed by atoms with Gasteiger partial charge in [-0.1, -0.05) is 37.7 Å². The van der Waals surface area contributed by atoms with Crippen LogP contribution >= 0.6 is 11.8 Å². The second-order valence-electron chi connectivity index (χ2n) is 7.30. The summed E-state index contributed by atoms with van der Waals surface area (Å²) in [6.45, 7) is 4.11. The molecule has 2 aromatic rings. The third-order valence-electron chi connectivity index (χ3n) is 5.01. The van der Waals surface area contributed by atoms with Crippen molar-refractivity contribution in [3.8, 4) is 5.75 Å². The van der Waals surface area contributed by atoms with Crippen molar-refractivity contribution in [2.75, 3.05) is 12.4 Å². The van der Waals surface area contributed by atoms with E-state index in [1.165, 1.54) is 11.8 Å². The summed E-state index contributed by atoms with van der Waals surface area (Å²) >= 11 is 1.51. The molecule has 0 spiro atoms. The molecule has 0 amide bonds. The number of nitrogens with zero attached hydrogens (tertiary/aromatic N) is 1. The zero-order valence-electron chi connectivity index (χ0n) is 16.2. The van der Waals surface area contributed by atoms with Gasteiger partial charge in [0, 0.05) is 28.9 Å². The molecule has 4 rings (SSSR count). The van der Waals surface area contributed by atoms with Crippen LogP contribution in [0.15, 0.2) is 45.5 Å². The van der Waals surface area contributed by atoms with Crippen LogP contribution in [0.3, 0.4) is 0 Å². The van der Waals surface area contributed by atoms with Crippen molar-refractivity contribution < 1.29 is 9.53 Å². The van der Waals surface area contributed by atoms with Crippen LogP contribution in [0, 0.1) is 0 Å². The van der Waals surface area contributed by atoms with Crippen molar-refractivity contribution in [2.24, 2.45) is 0 Å². The van der Waals surface area contributed by atoms with Crippen LogP contribution in [0.25, 0.3) is 0 Å². The highest BCUT2D eigenvalue weighted by molar-refractivity contribution is 7.99. The summed E-state index contributed by atoms with van der Waals surface area (Å²) in [7, 11) is 1.61. The van der Waals surface area contributed by atoms with Crippen LogP contribution in [0.5, 0.6) is 5.75 Å². The molecule has 1 aromatic heterocycles. The number of hydrogen-bond donors (Lipinski definition) is 2. The number of rotatable bonds is 4. The molecule has 1 aromatic carbocycles. The summed E-state index contributed by atoms with van der Waals surface area (Å²) < 4.78 is 5.37. The van der Waals surface area contributed by atoms with Gasteiger partial charge in [0.25, 0.3) is 5.56 Å². The first-order chi connectivity index (χ1) is 13.5. The number of anilines is 1. The van der Waals surface area contributed by atoms with E-state index in [0.29, 0.717) is 39.5 Å². The van der Waals surface area contributed by atoms with E-state index >= 15 is 0 Å². The molecular formula is C21H23N3O3S. The maximum absolute atomic E-state index is 13.1. The van der Waals surface area contributed by atoms with Gasteiger partial charge in [-0.25, -0.2) is 4.98 Å². The molecule has 0 unspecified atom stereocenters. The molecule has 7 heteroatoms. The number of fused-ring (bicyclic) bond motifs is 1. The van der Waals surface area contributed by atoms with Crippen LogP contribution in [-0.2, 0) is 4.79 Å². The number of ketones is 1. The highest BCUT2D eigenvalue weighted by Gasteiger charge is 2.38. The molecule has 146 valence electrons. The summed E-state index contributed by atoms with van der Waals surface area (Å²) in [5.74, 6) is 0.892. The van der Waals surface area contributed by atoms with Gasteiger partial charge in [0.15, 0.2) is 10.9 Å². The molecule has 2 heterocycles. The standard InChI is InChI=1S/C21H23N3O3S/c1-11(2)28-21-23-19-18(20(26)24-21)16(12-6-4-7-13(10-12)27-3)17-14(22-19)8-5-9-15(17)25/h4,6-7,10-11,16H,5,8-9H2,1-3H3,(H2,22,23,24,26)/t16-/m1/s1. The van der Waals surface area contributed by atoms with Crippen molar-refractivity contribution in [3.63, 3.8) is 0 Å². The number of Topliss-reactive ketones (excluding diaryl/α,β-unsaturated/α-hetero) is 1. The third kappa shape index (κ3) is 3.35. The quantitative estimate of drug-likeness (QED) is 0.602. The van der Waals surface area contributed by atoms with Gasteiger partial charge in [0.2, 0.25) is 0 Å². The van der Waals surface area contributed by atoms with Crippen molar-refractivity contribution in [2.45, 2.75) is 49.4 Å². The lowest BCUT2D eigenvalue weighted by Gasteiger charge is -2.33. The molecule has 6 nitrogen and oxygen atoms in total. The molecule has 0 radical (unpaired) electrons. The highest BCUT2D eigenvalue weighted by Crippen LogP contribution is 2.44. The van der Waals surface area contributed by atoms with Crippen molar-refractivity contribution in [1.82, 2.24) is 9.97 Å². The smallest absolute Gasteiger partial charge is 0.257 e. The number of benzene rings is 1. The van der Waals surface area contributed by atoms with E-state index in [9.17, 15) is 9.59 Å². The molecule has 1 aliphatic carbocycles. The highest BCUT2D eigenvalue weighted by atomic mass is 32.2. The molecule has 0 saturated carbocycles. The van der Waals surface area contributed by atoms with Gasteiger partial charge in [0.05, 0.1) is 12.7 Å². The molecule has 0 fully saturated rings. The predicted molar refractivity (Wildman–Crippen MR) is 110 cm³/mol. The van der Waals surface area contributed by atoms with Crippen molar-refractivity contribution in [1.29, 1.82) is 0 Å². The minimum atomic E-state index is -0.441. The average Bonchev–Trinajstić information content (AvgIpc) is 2.66. The lowest BCUT2D eigenvalue weighted by Crippen LogP contribution is -2.32. The number of allylic oxidation sites excluding steroid dienone is 2. The van der Waals surface area contributed by atoms with Crippen LogP contribution in [0.4, 0.5) is 5.82 Å². The topological polar surface area (TPSA) is 84.1 Å². The summed E-state index contributed by atoms with van der Waals surface area (Å²) in [6.07, 6.45) is 2.09. The van der Waals surface area contributed by atoms with Gasteiger partial charge in [-0.05, 0) is 30.5 Å². The first kappa shape index (κ1) is 18.8.